The maximum Gasteiger partial charge on any atom is 0.240 e. The third-order valence-corrected chi connectivity index (χ3v) is 1.92. The number of hydrogen-bond acceptors (Lipinski definition) is 1. The Morgan fingerprint density at radius 3 is 3.10 bits per heavy atom. The molecule has 1 rings (SSSR count). The van der Waals surface area contributed by atoms with Crippen LogP contribution >= 0.6 is 0 Å². The van der Waals surface area contributed by atoms with Crippen LogP contribution in [0.5, 0.6) is 0 Å². The van der Waals surface area contributed by atoms with Crippen LogP contribution in [-0.2, 0) is 4.74 Å². The van der Waals surface area contributed by atoms with Gasteiger partial charge in [0.1, 0.15) is 6.10 Å². The van der Waals surface area contributed by atoms with E-state index in [4.69, 9.17) is 11.3 Å². The van der Waals surface area contributed by atoms with Crippen LogP contribution in [0.1, 0.15) is 19.8 Å². The molecule has 0 aromatic rings. The molecule has 1 aliphatic rings. The van der Waals surface area contributed by atoms with Crippen molar-refractivity contribution >= 4 is 0 Å². The summed E-state index contributed by atoms with van der Waals surface area (Å²) in [6.45, 7) is 10.3. The first kappa shape index (κ1) is 7.56. The van der Waals surface area contributed by atoms with Crippen molar-refractivity contribution in [2.75, 3.05) is 13.2 Å². The van der Waals surface area contributed by atoms with E-state index in [1.807, 2.05) is 0 Å². The Kier molecular flexibility index (Phi) is 2.70. The minimum atomic E-state index is 0.223. The highest BCUT2D eigenvalue weighted by Gasteiger charge is 2.20. The smallest absolute Gasteiger partial charge is 0.240 e. The van der Waals surface area contributed by atoms with Gasteiger partial charge in [-0.1, -0.05) is 6.92 Å². The van der Waals surface area contributed by atoms with Gasteiger partial charge in [0, 0.05) is 6.61 Å². The summed E-state index contributed by atoms with van der Waals surface area (Å²) < 4.78 is 5.38. The molecule has 0 radical (unpaired) electrons. The van der Waals surface area contributed by atoms with Gasteiger partial charge >= 0.3 is 0 Å². The molecule has 0 N–H and O–H groups in total. The molecule has 2 atom stereocenters. The number of rotatable bonds is 1. The zero-order valence-corrected chi connectivity index (χ0v) is 6.34. The van der Waals surface area contributed by atoms with Gasteiger partial charge in [0.15, 0.2) is 0 Å². The first-order valence-corrected chi connectivity index (χ1v) is 3.77. The maximum atomic E-state index is 6.65. The molecule has 2 unspecified atom stereocenters. The molecule has 0 spiro atoms. The van der Waals surface area contributed by atoms with E-state index >= 15 is 0 Å². The molecule has 0 bridgehead atoms. The average molecular weight is 139 g/mol. The molecule has 1 saturated heterocycles. The van der Waals surface area contributed by atoms with E-state index in [0.29, 0.717) is 6.54 Å². The predicted octanol–water partition coefficient (Wildman–Crippen LogP) is 1.72. The molecule has 1 aliphatic heterocycles. The molecule has 1 fully saturated rings. The van der Waals surface area contributed by atoms with Gasteiger partial charge in [0.25, 0.3) is 0 Å². The molecule has 0 amide bonds. The van der Waals surface area contributed by atoms with Crippen LogP contribution in [0.2, 0.25) is 0 Å². The van der Waals surface area contributed by atoms with Crippen molar-refractivity contribution in [3.8, 4) is 0 Å². The van der Waals surface area contributed by atoms with Crippen LogP contribution in [0.4, 0.5) is 0 Å². The monoisotopic (exact) mass is 139 g/mol. The summed E-state index contributed by atoms with van der Waals surface area (Å²) in [6.07, 6.45) is 2.46. The normalized spacial score (nSPS) is 33.2. The highest BCUT2D eigenvalue weighted by atomic mass is 16.5. The van der Waals surface area contributed by atoms with Gasteiger partial charge < -0.3 is 9.58 Å². The summed E-state index contributed by atoms with van der Waals surface area (Å²) in [5.41, 5.74) is 0. The Balaban J connectivity index is 2.27. The second-order valence-corrected chi connectivity index (χ2v) is 2.96. The first-order chi connectivity index (χ1) is 4.83. The Morgan fingerprint density at radius 2 is 2.50 bits per heavy atom. The van der Waals surface area contributed by atoms with Crippen molar-refractivity contribution in [2.24, 2.45) is 5.92 Å². The van der Waals surface area contributed by atoms with Crippen molar-refractivity contribution in [2.45, 2.75) is 25.9 Å². The second kappa shape index (κ2) is 3.58. The molecule has 0 aromatic carbocycles. The van der Waals surface area contributed by atoms with Crippen LogP contribution < -0.4 is 0 Å². The zero-order valence-electron chi connectivity index (χ0n) is 6.34. The van der Waals surface area contributed by atoms with E-state index < -0.39 is 0 Å². The van der Waals surface area contributed by atoms with Gasteiger partial charge in [-0.25, -0.2) is 6.57 Å². The van der Waals surface area contributed by atoms with Gasteiger partial charge in [0.2, 0.25) is 6.54 Å². The fourth-order valence-corrected chi connectivity index (χ4v) is 1.30. The fraction of sp³-hybridized carbons (Fsp3) is 0.875. The average Bonchev–Trinajstić information content (AvgIpc) is 1.88. The van der Waals surface area contributed by atoms with E-state index in [2.05, 4.69) is 11.8 Å². The number of hydrogen-bond donors (Lipinski definition) is 0. The lowest BCUT2D eigenvalue weighted by Crippen LogP contribution is -2.25. The van der Waals surface area contributed by atoms with Crippen LogP contribution in [-0.4, -0.2) is 19.3 Å². The van der Waals surface area contributed by atoms with E-state index in [1.165, 1.54) is 0 Å². The summed E-state index contributed by atoms with van der Waals surface area (Å²) in [7, 11) is 0. The van der Waals surface area contributed by atoms with Crippen molar-refractivity contribution in [1.29, 1.82) is 0 Å². The van der Waals surface area contributed by atoms with Gasteiger partial charge in [-0.15, -0.1) is 0 Å². The Morgan fingerprint density at radius 1 is 1.70 bits per heavy atom. The van der Waals surface area contributed by atoms with E-state index in [0.717, 1.165) is 25.4 Å². The third-order valence-electron chi connectivity index (χ3n) is 1.92. The molecule has 56 valence electrons. The zero-order chi connectivity index (χ0) is 7.40. The second-order valence-electron chi connectivity index (χ2n) is 2.96. The third kappa shape index (κ3) is 2.00. The summed E-state index contributed by atoms with van der Waals surface area (Å²) in [6, 6.07) is 0. The number of nitrogens with zero attached hydrogens (tertiary/aromatic N) is 1. The highest BCUT2D eigenvalue weighted by molar-refractivity contribution is 4.75. The largest absolute Gasteiger partial charge is 0.370 e. The van der Waals surface area contributed by atoms with Crippen LogP contribution in [0.15, 0.2) is 0 Å². The Labute approximate surface area is 62.0 Å². The van der Waals surface area contributed by atoms with Crippen molar-refractivity contribution in [3.63, 3.8) is 0 Å². The lowest BCUT2D eigenvalue weighted by atomic mass is 9.98. The van der Waals surface area contributed by atoms with Crippen LogP contribution in [0.25, 0.3) is 4.85 Å². The van der Waals surface area contributed by atoms with Crippen LogP contribution in [0.3, 0.4) is 0 Å². The molecule has 1 heterocycles. The maximum absolute atomic E-state index is 6.65. The number of ether oxygens (including phenoxy) is 1. The first-order valence-electron chi connectivity index (χ1n) is 3.77. The minimum Gasteiger partial charge on any atom is -0.370 e. The lowest BCUT2D eigenvalue weighted by molar-refractivity contribution is 0.00517. The summed E-state index contributed by atoms with van der Waals surface area (Å²) in [5, 5.41) is 0. The van der Waals surface area contributed by atoms with Gasteiger partial charge in [-0.2, -0.15) is 0 Å². The Bertz CT molecular complexity index is 139. The molecule has 0 saturated carbocycles. The molecule has 2 heteroatoms. The summed E-state index contributed by atoms with van der Waals surface area (Å²) in [5.74, 6) is 0.750. The van der Waals surface area contributed by atoms with Gasteiger partial charge in [-0.3, -0.25) is 0 Å². The van der Waals surface area contributed by atoms with Gasteiger partial charge in [0.05, 0.1) is 0 Å². The fourth-order valence-electron chi connectivity index (χ4n) is 1.30. The molecular weight excluding hydrogens is 126 g/mol. The SMILES string of the molecule is [C-]#[N+]CC1CC(C)CCO1. The van der Waals surface area contributed by atoms with Crippen molar-refractivity contribution in [1.82, 2.24) is 0 Å². The minimum absolute atomic E-state index is 0.223. The molecular formula is C8H13NO. The quantitative estimate of drug-likeness (QED) is 0.504. The standard InChI is InChI=1S/C8H13NO/c1-7-3-4-10-8(5-7)6-9-2/h7-8H,3-6H2,1H3. The molecule has 10 heavy (non-hydrogen) atoms. The highest BCUT2D eigenvalue weighted by Crippen LogP contribution is 2.19. The summed E-state index contributed by atoms with van der Waals surface area (Å²) >= 11 is 0. The predicted molar refractivity (Wildman–Crippen MR) is 39.6 cm³/mol. The topological polar surface area (TPSA) is 13.6 Å². The molecule has 0 aromatic heterocycles. The lowest BCUT2D eigenvalue weighted by Gasteiger charge is -2.23. The van der Waals surface area contributed by atoms with Crippen molar-refractivity contribution < 1.29 is 4.74 Å². The van der Waals surface area contributed by atoms with Gasteiger partial charge in [-0.05, 0) is 18.8 Å². The van der Waals surface area contributed by atoms with E-state index in [-0.39, 0.29) is 6.10 Å². The molecule has 2 nitrogen and oxygen atoms in total. The Hall–Kier alpha value is -0.550. The van der Waals surface area contributed by atoms with Crippen LogP contribution in [0, 0.1) is 12.5 Å². The summed E-state index contributed by atoms with van der Waals surface area (Å²) in [4.78, 5) is 3.32. The van der Waals surface area contributed by atoms with E-state index in [9.17, 15) is 0 Å². The van der Waals surface area contributed by atoms with E-state index in [1.54, 1.807) is 0 Å². The molecule has 0 aliphatic carbocycles. The van der Waals surface area contributed by atoms with Crippen molar-refractivity contribution in [3.05, 3.63) is 11.4 Å².